The van der Waals surface area contributed by atoms with Crippen molar-refractivity contribution < 1.29 is 18.3 Å². The van der Waals surface area contributed by atoms with Gasteiger partial charge in [-0.1, -0.05) is 6.07 Å². The highest BCUT2D eigenvalue weighted by molar-refractivity contribution is 5.84. The molecule has 1 aliphatic rings. The van der Waals surface area contributed by atoms with Crippen molar-refractivity contribution in [2.24, 2.45) is 0 Å². The minimum atomic E-state index is -2.89. The molecule has 34 heavy (non-hydrogen) atoms. The van der Waals surface area contributed by atoms with Crippen LogP contribution in [0.25, 0.3) is 17.0 Å². The Hall–Kier alpha value is -4.20. The van der Waals surface area contributed by atoms with E-state index in [9.17, 15) is 8.78 Å². The molecule has 0 bridgehead atoms. The van der Waals surface area contributed by atoms with Crippen LogP contribution in [0.5, 0.6) is 5.75 Å². The van der Waals surface area contributed by atoms with Crippen LogP contribution in [0.1, 0.15) is 12.2 Å². The van der Waals surface area contributed by atoms with Crippen molar-refractivity contribution in [1.82, 2.24) is 34.5 Å². The molecule has 1 fully saturated rings. The average molecular weight is 470 g/mol. The number of hydrogen-bond donors (Lipinski definition) is 2. The summed E-state index contributed by atoms with van der Waals surface area (Å²) in [5, 5.41) is 2.93. The third kappa shape index (κ3) is 4.10. The highest BCUT2D eigenvalue weighted by atomic mass is 19.3. The molecular weight excluding hydrogens is 450 g/mol. The van der Waals surface area contributed by atoms with Crippen LogP contribution in [0.2, 0.25) is 0 Å². The van der Waals surface area contributed by atoms with Gasteiger partial charge in [0.15, 0.2) is 11.6 Å². The van der Waals surface area contributed by atoms with Crippen LogP contribution in [0, 0.1) is 0 Å². The number of benzene rings is 1. The number of anilines is 4. The van der Waals surface area contributed by atoms with Crippen molar-refractivity contribution in [1.29, 1.82) is 0 Å². The fourth-order valence-corrected chi connectivity index (χ4v) is 3.58. The standard InChI is InChI=1S/C20H20F2N10O2/c1-33-12-4-2-3-11-15(12)27-17(16(21)22)32(11)20-29-18(26-14-10-24-9-13(23)25-14)28-19(30-20)31-5-7-34-8-6-31/h2-4,9-10,16H,5-8H2,1H3,(H3,23,25,26,28,29,30). The molecule has 14 heteroatoms. The van der Waals surface area contributed by atoms with Gasteiger partial charge in [-0.25, -0.2) is 18.7 Å². The first-order valence-electron chi connectivity index (χ1n) is 10.3. The summed E-state index contributed by atoms with van der Waals surface area (Å²) in [5.74, 6) is 0.648. The monoisotopic (exact) mass is 470 g/mol. The van der Waals surface area contributed by atoms with Gasteiger partial charge in [0, 0.05) is 13.1 Å². The summed E-state index contributed by atoms with van der Waals surface area (Å²) in [6.07, 6.45) is -0.0590. The minimum Gasteiger partial charge on any atom is -0.494 e. The fraction of sp³-hybridized carbons (Fsp3) is 0.300. The molecule has 1 aliphatic heterocycles. The molecular formula is C20H20F2N10O2. The van der Waals surface area contributed by atoms with Gasteiger partial charge >= 0.3 is 0 Å². The van der Waals surface area contributed by atoms with E-state index in [1.165, 1.54) is 24.1 Å². The molecule has 1 aromatic carbocycles. The molecule has 12 nitrogen and oxygen atoms in total. The van der Waals surface area contributed by atoms with E-state index in [-0.39, 0.29) is 35.0 Å². The zero-order valence-electron chi connectivity index (χ0n) is 18.0. The Morgan fingerprint density at radius 2 is 1.85 bits per heavy atom. The third-order valence-corrected chi connectivity index (χ3v) is 5.09. The van der Waals surface area contributed by atoms with E-state index in [1.807, 2.05) is 4.90 Å². The first kappa shape index (κ1) is 21.6. The van der Waals surface area contributed by atoms with Crippen molar-refractivity contribution in [2.75, 3.05) is 49.4 Å². The molecule has 0 atom stereocenters. The second-order valence-electron chi connectivity index (χ2n) is 7.25. The predicted molar refractivity (Wildman–Crippen MR) is 119 cm³/mol. The summed E-state index contributed by atoms with van der Waals surface area (Å²) in [7, 11) is 1.45. The molecule has 1 saturated heterocycles. The number of methoxy groups -OCH3 is 1. The highest BCUT2D eigenvalue weighted by Crippen LogP contribution is 2.32. The van der Waals surface area contributed by atoms with Crippen LogP contribution < -0.4 is 20.7 Å². The molecule has 5 rings (SSSR count). The lowest BCUT2D eigenvalue weighted by atomic mass is 10.3. The van der Waals surface area contributed by atoms with Crippen LogP contribution >= 0.6 is 0 Å². The summed E-state index contributed by atoms with van der Waals surface area (Å²) in [4.78, 5) is 27.5. The van der Waals surface area contributed by atoms with Crippen molar-refractivity contribution >= 4 is 34.6 Å². The van der Waals surface area contributed by atoms with E-state index in [0.717, 1.165) is 0 Å². The highest BCUT2D eigenvalue weighted by Gasteiger charge is 2.25. The zero-order chi connectivity index (χ0) is 23.7. The van der Waals surface area contributed by atoms with E-state index in [4.69, 9.17) is 15.2 Å². The summed E-state index contributed by atoms with van der Waals surface area (Å²) in [5.41, 5.74) is 6.35. The maximum Gasteiger partial charge on any atom is 0.296 e. The van der Waals surface area contributed by atoms with Crippen molar-refractivity contribution in [2.45, 2.75) is 6.43 Å². The van der Waals surface area contributed by atoms with Crippen LogP contribution in [0.4, 0.5) is 32.3 Å². The van der Waals surface area contributed by atoms with Crippen molar-refractivity contribution in [3.63, 3.8) is 0 Å². The second-order valence-corrected chi connectivity index (χ2v) is 7.25. The first-order chi connectivity index (χ1) is 16.5. The van der Waals surface area contributed by atoms with E-state index in [0.29, 0.717) is 37.6 Å². The van der Waals surface area contributed by atoms with Crippen LogP contribution in [0.15, 0.2) is 30.6 Å². The lowest BCUT2D eigenvalue weighted by molar-refractivity contribution is 0.122. The molecule has 0 amide bonds. The molecule has 0 aliphatic carbocycles. The largest absolute Gasteiger partial charge is 0.494 e. The number of alkyl halides is 2. The Morgan fingerprint density at radius 1 is 1.06 bits per heavy atom. The fourth-order valence-electron chi connectivity index (χ4n) is 3.58. The summed E-state index contributed by atoms with van der Waals surface area (Å²) in [6, 6.07) is 4.97. The van der Waals surface area contributed by atoms with E-state index in [1.54, 1.807) is 18.2 Å². The Balaban J connectivity index is 1.69. The quantitative estimate of drug-likeness (QED) is 0.428. The predicted octanol–water partition coefficient (Wildman–Crippen LogP) is 2.11. The minimum absolute atomic E-state index is 0.0399. The molecule has 3 aromatic heterocycles. The van der Waals surface area contributed by atoms with Gasteiger partial charge < -0.3 is 25.4 Å². The molecule has 0 unspecified atom stereocenters. The Kier molecular flexibility index (Phi) is 5.71. The second kappa shape index (κ2) is 8.97. The summed E-state index contributed by atoms with van der Waals surface area (Å²) < 4.78 is 40.0. The van der Waals surface area contributed by atoms with Crippen LogP contribution in [0.3, 0.4) is 0 Å². The molecule has 0 radical (unpaired) electrons. The lowest BCUT2D eigenvalue weighted by Gasteiger charge is -2.27. The van der Waals surface area contributed by atoms with Gasteiger partial charge in [-0.3, -0.25) is 9.55 Å². The number of nitrogens with one attached hydrogen (secondary N) is 1. The molecule has 3 N–H and O–H groups in total. The van der Waals surface area contributed by atoms with Crippen LogP contribution in [-0.2, 0) is 4.74 Å². The first-order valence-corrected chi connectivity index (χ1v) is 10.3. The zero-order valence-corrected chi connectivity index (χ0v) is 18.0. The molecule has 176 valence electrons. The normalized spacial score (nSPS) is 14.1. The maximum absolute atomic E-state index is 14.1. The maximum atomic E-state index is 14.1. The third-order valence-electron chi connectivity index (χ3n) is 5.09. The van der Waals surface area contributed by atoms with Gasteiger partial charge in [0.05, 0.1) is 38.2 Å². The molecule has 4 aromatic rings. The number of nitrogens with two attached hydrogens (primary N) is 1. The number of imidazole rings is 1. The van der Waals surface area contributed by atoms with Gasteiger partial charge in [0.1, 0.15) is 17.1 Å². The number of halogens is 2. The Morgan fingerprint density at radius 3 is 2.59 bits per heavy atom. The number of ether oxygens (including phenoxy) is 2. The van der Waals surface area contributed by atoms with Gasteiger partial charge in [-0.2, -0.15) is 15.0 Å². The summed E-state index contributed by atoms with van der Waals surface area (Å²) in [6.45, 7) is 2.03. The van der Waals surface area contributed by atoms with Gasteiger partial charge in [-0.05, 0) is 12.1 Å². The van der Waals surface area contributed by atoms with Crippen LogP contribution in [-0.4, -0.2) is 67.9 Å². The number of hydrogen-bond acceptors (Lipinski definition) is 11. The molecule has 0 saturated carbocycles. The van der Waals surface area contributed by atoms with E-state index in [2.05, 4.69) is 35.2 Å². The van der Waals surface area contributed by atoms with Crippen molar-refractivity contribution in [3.8, 4) is 11.7 Å². The van der Waals surface area contributed by atoms with Gasteiger partial charge in [0.25, 0.3) is 6.43 Å². The number of nitrogen functional groups attached to an aromatic ring is 1. The average Bonchev–Trinajstić information content (AvgIpc) is 3.25. The smallest absolute Gasteiger partial charge is 0.296 e. The van der Waals surface area contributed by atoms with Gasteiger partial charge in [-0.15, -0.1) is 0 Å². The summed E-state index contributed by atoms with van der Waals surface area (Å²) >= 11 is 0. The Bertz CT molecular complexity index is 1330. The number of para-hydroxylation sites is 1. The number of morpholine rings is 1. The Labute approximate surface area is 191 Å². The number of fused-ring (bicyclic) bond motifs is 1. The topological polar surface area (TPSA) is 142 Å². The lowest BCUT2D eigenvalue weighted by Crippen LogP contribution is -2.37. The van der Waals surface area contributed by atoms with Crippen molar-refractivity contribution in [3.05, 3.63) is 36.4 Å². The number of nitrogens with zero attached hydrogens (tertiary/aromatic N) is 8. The molecule has 0 spiro atoms. The van der Waals surface area contributed by atoms with E-state index < -0.39 is 12.2 Å². The number of aromatic nitrogens is 7. The SMILES string of the molecule is COc1cccc2c1nc(C(F)F)n2-c1nc(Nc2cncc(N)n2)nc(N2CCOCC2)n1. The number of rotatable bonds is 6. The van der Waals surface area contributed by atoms with Gasteiger partial charge in [0.2, 0.25) is 17.8 Å². The molecule has 4 heterocycles. The van der Waals surface area contributed by atoms with E-state index >= 15 is 0 Å².